The average Bonchev–Trinajstić information content (AvgIpc) is 2.32. The first-order valence-corrected chi connectivity index (χ1v) is 5.19. The maximum atomic E-state index is 11.3. The summed E-state index contributed by atoms with van der Waals surface area (Å²) in [7, 11) is 0. The second kappa shape index (κ2) is 3.03. The van der Waals surface area contributed by atoms with Crippen molar-refractivity contribution < 1.29 is 4.79 Å². The van der Waals surface area contributed by atoms with Crippen molar-refractivity contribution in [3.05, 3.63) is 27.7 Å². The van der Waals surface area contributed by atoms with E-state index in [2.05, 4.69) is 33.9 Å². The first-order valence-electron chi connectivity index (χ1n) is 3.88. The fourth-order valence-electron chi connectivity index (χ4n) is 1.49. The molecule has 0 saturated carbocycles. The molecule has 1 aliphatic rings. The number of anilines is 1. The molecular formula is C9H8BrNOS. The van der Waals surface area contributed by atoms with Gasteiger partial charge in [-0.3, -0.25) is 4.79 Å². The molecule has 0 aliphatic carbocycles. The normalized spacial score (nSPS) is 19.9. The summed E-state index contributed by atoms with van der Waals surface area (Å²) in [5.41, 5.74) is 2.93. The summed E-state index contributed by atoms with van der Waals surface area (Å²) < 4.78 is 0.985. The van der Waals surface area contributed by atoms with Gasteiger partial charge in [0.2, 0.25) is 5.91 Å². The number of carbonyl (C=O) groups is 1. The first-order chi connectivity index (χ1) is 6.09. The van der Waals surface area contributed by atoms with Crippen LogP contribution in [0.15, 0.2) is 16.6 Å². The van der Waals surface area contributed by atoms with Crippen LogP contribution in [0.2, 0.25) is 0 Å². The minimum absolute atomic E-state index is 0.0421. The number of benzene rings is 1. The maximum Gasteiger partial charge on any atom is 0.241 e. The SMILES string of the molecule is Cc1cc(Br)cc2c1NC(=O)C2S. The van der Waals surface area contributed by atoms with Crippen LogP contribution in [-0.4, -0.2) is 5.91 Å². The minimum Gasteiger partial charge on any atom is -0.324 e. The molecule has 2 nitrogen and oxygen atoms in total. The summed E-state index contributed by atoms with van der Waals surface area (Å²) >= 11 is 7.62. The highest BCUT2D eigenvalue weighted by molar-refractivity contribution is 9.10. The van der Waals surface area contributed by atoms with Gasteiger partial charge < -0.3 is 5.32 Å². The van der Waals surface area contributed by atoms with E-state index < -0.39 is 0 Å². The molecule has 0 fully saturated rings. The lowest BCUT2D eigenvalue weighted by molar-refractivity contribution is -0.115. The lowest BCUT2D eigenvalue weighted by Crippen LogP contribution is -2.07. The summed E-state index contributed by atoms with van der Waals surface area (Å²) in [6.45, 7) is 1.97. The summed E-state index contributed by atoms with van der Waals surface area (Å²) in [6.07, 6.45) is 0. The van der Waals surface area contributed by atoms with Crippen molar-refractivity contribution in [2.24, 2.45) is 0 Å². The Hall–Kier alpha value is -0.480. The number of carbonyl (C=O) groups excluding carboxylic acids is 1. The van der Waals surface area contributed by atoms with Crippen LogP contribution in [0.4, 0.5) is 5.69 Å². The van der Waals surface area contributed by atoms with Gasteiger partial charge in [0.1, 0.15) is 5.25 Å². The lowest BCUT2D eigenvalue weighted by atomic mass is 10.1. The predicted octanol–water partition coefficient (Wildman–Crippen LogP) is 2.68. The Kier molecular flexibility index (Phi) is 2.12. The second-order valence-corrected chi connectivity index (χ2v) is 4.51. The zero-order valence-corrected chi connectivity index (χ0v) is 9.45. The molecule has 1 atom stereocenters. The molecule has 13 heavy (non-hydrogen) atoms. The number of rotatable bonds is 0. The molecule has 1 amide bonds. The van der Waals surface area contributed by atoms with Crippen molar-refractivity contribution in [2.45, 2.75) is 12.2 Å². The standard InChI is InChI=1S/C9H8BrNOS/c1-4-2-5(10)3-6-7(4)11-9(12)8(6)13/h2-3,8,13H,1H3,(H,11,12). The van der Waals surface area contributed by atoms with Gasteiger partial charge in [0.15, 0.2) is 0 Å². The Morgan fingerprint density at radius 2 is 2.23 bits per heavy atom. The van der Waals surface area contributed by atoms with Crippen LogP contribution in [0.1, 0.15) is 16.4 Å². The van der Waals surface area contributed by atoms with Gasteiger partial charge in [0, 0.05) is 10.2 Å². The van der Waals surface area contributed by atoms with Gasteiger partial charge in [-0.05, 0) is 30.2 Å². The molecule has 0 spiro atoms. The van der Waals surface area contributed by atoms with Crippen LogP contribution in [0.3, 0.4) is 0 Å². The van der Waals surface area contributed by atoms with Crippen molar-refractivity contribution in [1.82, 2.24) is 0 Å². The molecule has 1 heterocycles. The quantitative estimate of drug-likeness (QED) is 0.688. The molecule has 2 rings (SSSR count). The lowest BCUT2D eigenvalue weighted by Gasteiger charge is -2.04. The van der Waals surface area contributed by atoms with Gasteiger partial charge in [0.25, 0.3) is 0 Å². The van der Waals surface area contributed by atoms with Crippen LogP contribution in [0.5, 0.6) is 0 Å². The zero-order valence-electron chi connectivity index (χ0n) is 6.97. The Balaban J connectivity index is 2.63. The molecule has 0 bridgehead atoms. The van der Waals surface area contributed by atoms with Crippen LogP contribution < -0.4 is 5.32 Å². The topological polar surface area (TPSA) is 29.1 Å². The van der Waals surface area contributed by atoms with Gasteiger partial charge in [-0.2, -0.15) is 12.6 Å². The molecule has 0 saturated heterocycles. The van der Waals surface area contributed by atoms with Gasteiger partial charge in [-0.25, -0.2) is 0 Å². The smallest absolute Gasteiger partial charge is 0.241 e. The van der Waals surface area contributed by atoms with Crippen LogP contribution in [0, 0.1) is 6.92 Å². The van der Waals surface area contributed by atoms with Gasteiger partial charge in [0.05, 0.1) is 0 Å². The van der Waals surface area contributed by atoms with Crippen LogP contribution >= 0.6 is 28.6 Å². The number of nitrogens with one attached hydrogen (secondary N) is 1. The van der Waals surface area contributed by atoms with E-state index in [4.69, 9.17) is 0 Å². The van der Waals surface area contributed by atoms with E-state index in [-0.39, 0.29) is 11.2 Å². The molecule has 0 aromatic heterocycles. The van der Waals surface area contributed by atoms with E-state index in [0.717, 1.165) is 21.3 Å². The van der Waals surface area contributed by atoms with Crippen molar-refractivity contribution in [1.29, 1.82) is 0 Å². The molecule has 4 heteroatoms. The molecular weight excluding hydrogens is 250 g/mol. The summed E-state index contributed by atoms with van der Waals surface area (Å²) in [5.74, 6) is -0.0421. The summed E-state index contributed by atoms with van der Waals surface area (Å²) in [4.78, 5) is 11.3. The highest BCUT2D eigenvalue weighted by Gasteiger charge is 2.28. The number of aryl methyl sites for hydroxylation is 1. The fourth-order valence-corrected chi connectivity index (χ4v) is 2.35. The maximum absolute atomic E-state index is 11.3. The van der Waals surface area contributed by atoms with Crippen LogP contribution in [0.25, 0.3) is 0 Å². The Morgan fingerprint density at radius 3 is 2.92 bits per heavy atom. The van der Waals surface area contributed by atoms with Gasteiger partial charge >= 0.3 is 0 Å². The van der Waals surface area contributed by atoms with E-state index in [1.54, 1.807) is 0 Å². The van der Waals surface area contributed by atoms with Crippen molar-refractivity contribution in [2.75, 3.05) is 5.32 Å². The highest BCUT2D eigenvalue weighted by atomic mass is 79.9. The number of hydrogen-bond acceptors (Lipinski definition) is 2. The Bertz CT molecular complexity index is 391. The monoisotopic (exact) mass is 257 g/mol. The molecule has 1 unspecified atom stereocenters. The molecule has 68 valence electrons. The molecule has 0 radical (unpaired) electrons. The second-order valence-electron chi connectivity index (χ2n) is 3.08. The molecule has 1 aliphatic heterocycles. The first kappa shape index (κ1) is 9.09. The van der Waals surface area contributed by atoms with E-state index in [1.807, 2.05) is 19.1 Å². The zero-order chi connectivity index (χ0) is 9.59. The van der Waals surface area contributed by atoms with Crippen molar-refractivity contribution >= 4 is 40.2 Å². The number of hydrogen-bond donors (Lipinski definition) is 2. The van der Waals surface area contributed by atoms with Crippen molar-refractivity contribution in [3.63, 3.8) is 0 Å². The Morgan fingerprint density at radius 1 is 1.54 bits per heavy atom. The van der Waals surface area contributed by atoms with Crippen molar-refractivity contribution in [3.8, 4) is 0 Å². The third kappa shape index (κ3) is 1.38. The third-order valence-electron chi connectivity index (χ3n) is 2.12. The number of amides is 1. The third-order valence-corrected chi connectivity index (χ3v) is 3.09. The number of fused-ring (bicyclic) bond motifs is 1. The molecule has 1 aromatic rings. The van der Waals surface area contributed by atoms with Gasteiger partial charge in [-0.15, -0.1) is 0 Å². The minimum atomic E-state index is -0.328. The van der Waals surface area contributed by atoms with Gasteiger partial charge in [-0.1, -0.05) is 15.9 Å². The van der Waals surface area contributed by atoms with E-state index in [1.165, 1.54) is 0 Å². The highest BCUT2D eigenvalue weighted by Crippen LogP contribution is 2.38. The number of thiol groups is 1. The fraction of sp³-hybridized carbons (Fsp3) is 0.222. The van der Waals surface area contributed by atoms with E-state index >= 15 is 0 Å². The van der Waals surface area contributed by atoms with E-state index in [0.29, 0.717) is 0 Å². The number of halogens is 1. The molecule has 1 aromatic carbocycles. The van der Waals surface area contributed by atoms with Crippen LogP contribution in [-0.2, 0) is 4.79 Å². The summed E-state index contributed by atoms with van der Waals surface area (Å²) in [6, 6.07) is 3.91. The van der Waals surface area contributed by atoms with E-state index in [9.17, 15) is 4.79 Å². The molecule has 1 N–H and O–H groups in total. The Labute approximate surface area is 90.3 Å². The summed E-state index contributed by atoms with van der Waals surface area (Å²) in [5, 5.41) is 2.48. The average molecular weight is 258 g/mol. The predicted molar refractivity (Wildman–Crippen MR) is 59.2 cm³/mol. The largest absolute Gasteiger partial charge is 0.324 e.